The highest BCUT2D eigenvalue weighted by Crippen LogP contribution is 2.31. The molecule has 1 fully saturated rings. The number of carbonyl (C=O) groups excluding carboxylic acids is 5. The molecule has 1 amide bonds. The largest absolute Gasteiger partial charge is 0.497 e. The van der Waals surface area contributed by atoms with Crippen molar-refractivity contribution in [1.82, 2.24) is 9.88 Å². The number of rotatable bonds is 10. The lowest BCUT2D eigenvalue weighted by Crippen LogP contribution is -2.67. The molecule has 46 heavy (non-hydrogen) atoms. The van der Waals surface area contributed by atoms with Crippen molar-refractivity contribution in [1.29, 1.82) is 0 Å². The Balaban J connectivity index is 1.76. The number of methoxy groups -OCH3 is 1. The number of amides is 1. The van der Waals surface area contributed by atoms with Gasteiger partial charge in [0.15, 0.2) is 12.2 Å². The summed E-state index contributed by atoms with van der Waals surface area (Å²) in [7, 11) is 1.52. The highest BCUT2D eigenvalue weighted by molar-refractivity contribution is 6.42. The van der Waals surface area contributed by atoms with Crippen LogP contribution in [0.3, 0.4) is 0 Å². The van der Waals surface area contributed by atoms with Crippen molar-refractivity contribution in [3.63, 3.8) is 0 Å². The first-order valence-electron chi connectivity index (χ1n) is 14.0. The Labute approximate surface area is 273 Å². The van der Waals surface area contributed by atoms with Gasteiger partial charge < -0.3 is 38.3 Å². The van der Waals surface area contributed by atoms with Crippen LogP contribution in [0.4, 0.5) is 0 Å². The summed E-state index contributed by atoms with van der Waals surface area (Å²) in [6.45, 7) is 4.38. The average molecular weight is 680 g/mol. The van der Waals surface area contributed by atoms with Crippen LogP contribution in [0.25, 0.3) is 10.9 Å². The molecule has 0 bridgehead atoms. The number of nitrogens with zero attached hydrogens (tertiary/aromatic N) is 1. The molecule has 1 aliphatic heterocycles. The van der Waals surface area contributed by atoms with Gasteiger partial charge in [-0.05, 0) is 29.8 Å². The van der Waals surface area contributed by atoms with E-state index < -0.39 is 67.0 Å². The second-order valence-corrected chi connectivity index (χ2v) is 11.2. The number of hydrogen-bond acceptors (Lipinski definition) is 11. The van der Waals surface area contributed by atoms with Crippen molar-refractivity contribution in [3.8, 4) is 5.75 Å². The second kappa shape index (κ2) is 14.8. The Kier molecular flexibility index (Phi) is 11.1. The Morgan fingerprint density at radius 1 is 0.848 bits per heavy atom. The Bertz CT molecular complexity index is 1660. The zero-order valence-electron chi connectivity index (χ0n) is 25.5. The molecule has 15 heteroatoms. The van der Waals surface area contributed by atoms with Crippen LogP contribution in [0.15, 0.2) is 42.6 Å². The van der Waals surface area contributed by atoms with Crippen LogP contribution >= 0.6 is 23.2 Å². The van der Waals surface area contributed by atoms with Crippen LogP contribution in [0.5, 0.6) is 5.75 Å². The summed E-state index contributed by atoms with van der Waals surface area (Å²) >= 11 is 12.3. The number of carbonyl (C=O) groups is 5. The van der Waals surface area contributed by atoms with Crippen LogP contribution in [-0.4, -0.2) is 78.7 Å². The summed E-state index contributed by atoms with van der Waals surface area (Å²) in [5, 5.41) is 4.04. The molecule has 13 nitrogen and oxygen atoms in total. The van der Waals surface area contributed by atoms with Crippen molar-refractivity contribution < 1.29 is 52.4 Å². The first kappa shape index (κ1) is 34.5. The lowest BCUT2D eigenvalue weighted by Gasteiger charge is -2.44. The third-order valence-electron chi connectivity index (χ3n) is 6.95. The number of nitrogens with one attached hydrogen (secondary N) is 1. The molecule has 2 heterocycles. The topological polar surface area (TPSA) is 158 Å². The van der Waals surface area contributed by atoms with Gasteiger partial charge >= 0.3 is 23.9 Å². The zero-order valence-corrected chi connectivity index (χ0v) is 27.0. The fourth-order valence-corrected chi connectivity index (χ4v) is 5.42. The first-order valence-corrected chi connectivity index (χ1v) is 14.7. The van der Waals surface area contributed by atoms with E-state index in [9.17, 15) is 24.0 Å². The maximum absolute atomic E-state index is 14.0. The number of halogens is 2. The molecule has 1 unspecified atom stereocenters. The van der Waals surface area contributed by atoms with Crippen LogP contribution in [0, 0.1) is 0 Å². The van der Waals surface area contributed by atoms with E-state index in [1.807, 2.05) is 4.57 Å². The molecule has 246 valence electrons. The number of fused-ring (bicyclic) bond motifs is 1. The van der Waals surface area contributed by atoms with E-state index in [2.05, 4.69) is 5.32 Å². The third-order valence-corrected chi connectivity index (χ3v) is 7.69. The quantitative estimate of drug-likeness (QED) is 0.245. The minimum atomic E-state index is -1.54. The van der Waals surface area contributed by atoms with Gasteiger partial charge in [0.1, 0.15) is 24.5 Å². The zero-order chi connectivity index (χ0) is 33.7. The number of hydrogen-bond donors (Lipinski definition) is 1. The van der Waals surface area contributed by atoms with Gasteiger partial charge in [0.2, 0.25) is 6.29 Å². The summed E-state index contributed by atoms with van der Waals surface area (Å²) in [6, 6.07) is 8.96. The van der Waals surface area contributed by atoms with Gasteiger partial charge in [0.25, 0.3) is 5.91 Å². The van der Waals surface area contributed by atoms with Gasteiger partial charge in [-0.25, -0.2) is 0 Å². The van der Waals surface area contributed by atoms with Crippen molar-refractivity contribution in [3.05, 3.63) is 63.8 Å². The predicted molar refractivity (Wildman–Crippen MR) is 163 cm³/mol. The molecule has 4 rings (SSSR count). The molecule has 1 aromatic heterocycles. The lowest BCUT2D eigenvalue weighted by atomic mass is 9.95. The van der Waals surface area contributed by atoms with Crippen molar-refractivity contribution in [2.24, 2.45) is 0 Å². The van der Waals surface area contributed by atoms with Crippen molar-refractivity contribution in [2.75, 3.05) is 13.7 Å². The normalized spacial score (nSPS) is 20.8. The molecular weight excluding hydrogens is 647 g/mol. The van der Waals surface area contributed by atoms with E-state index >= 15 is 0 Å². The molecule has 2 aromatic carbocycles. The SMILES string of the molecule is COc1ccc2c(C(=O)N[C@H]3C(OC(C)=O)O[C@H](COC(C)=O)[C@@H](OC(C)=O)[C@@H]3OC(C)=O)cn(Cc3ccc(Cl)c(Cl)c3)c2c1. The summed E-state index contributed by atoms with van der Waals surface area (Å²) in [5.74, 6) is -3.13. The number of ether oxygens (including phenoxy) is 6. The van der Waals surface area contributed by atoms with Gasteiger partial charge in [-0.15, -0.1) is 0 Å². The van der Waals surface area contributed by atoms with E-state index in [0.29, 0.717) is 33.2 Å². The summed E-state index contributed by atoms with van der Waals surface area (Å²) in [5.41, 5.74) is 1.64. The summed E-state index contributed by atoms with van der Waals surface area (Å²) < 4.78 is 34.5. The Hall–Kier alpha value is -4.33. The van der Waals surface area contributed by atoms with Gasteiger partial charge in [-0.2, -0.15) is 0 Å². The molecule has 1 aliphatic rings. The molecule has 3 aromatic rings. The van der Waals surface area contributed by atoms with Crippen LogP contribution in [0.1, 0.15) is 43.6 Å². The van der Waals surface area contributed by atoms with E-state index in [4.69, 9.17) is 51.6 Å². The Morgan fingerprint density at radius 2 is 1.52 bits per heavy atom. The fourth-order valence-electron chi connectivity index (χ4n) is 5.09. The number of benzene rings is 2. The minimum Gasteiger partial charge on any atom is -0.497 e. The summed E-state index contributed by atoms with van der Waals surface area (Å²) in [4.78, 5) is 62.1. The van der Waals surface area contributed by atoms with E-state index in [-0.39, 0.29) is 5.56 Å². The molecule has 1 N–H and O–H groups in total. The number of esters is 4. The highest BCUT2D eigenvalue weighted by atomic mass is 35.5. The maximum Gasteiger partial charge on any atom is 0.305 e. The monoisotopic (exact) mass is 678 g/mol. The number of aromatic nitrogens is 1. The molecule has 0 spiro atoms. The second-order valence-electron chi connectivity index (χ2n) is 10.4. The molecule has 5 atom stereocenters. The smallest absolute Gasteiger partial charge is 0.305 e. The summed E-state index contributed by atoms with van der Waals surface area (Å²) in [6.07, 6.45) is -3.94. The first-order chi connectivity index (χ1) is 21.8. The van der Waals surface area contributed by atoms with Gasteiger partial charge in [-0.1, -0.05) is 29.3 Å². The molecule has 0 radical (unpaired) electrons. The van der Waals surface area contributed by atoms with Crippen molar-refractivity contribution in [2.45, 2.75) is 64.9 Å². The highest BCUT2D eigenvalue weighted by Gasteiger charge is 2.52. The average Bonchev–Trinajstić information content (AvgIpc) is 3.33. The van der Waals surface area contributed by atoms with E-state index in [1.54, 1.807) is 42.6 Å². The third kappa shape index (κ3) is 8.27. The van der Waals surface area contributed by atoms with Gasteiger partial charge in [0, 0.05) is 51.9 Å². The predicted octanol–water partition coefficient (Wildman–Crippen LogP) is 3.82. The molecule has 0 aliphatic carbocycles. The van der Waals surface area contributed by atoms with Crippen LogP contribution in [-0.2, 0) is 49.4 Å². The van der Waals surface area contributed by atoms with Crippen LogP contribution in [0.2, 0.25) is 10.0 Å². The van der Waals surface area contributed by atoms with Crippen molar-refractivity contribution >= 4 is 63.9 Å². The van der Waals surface area contributed by atoms with Gasteiger partial charge in [-0.3, -0.25) is 24.0 Å². The standard InChI is InChI=1S/C31H32Cl2N2O11/c1-15(36)42-14-26-28(43-16(2)37)29(44-17(3)38)27(31(46-26)45-18(4)39)34-30(40)22-13-35(12-19-6-9-23(32)24(33)10-19)25-11-20(41-5)7-8-21(22)25/h6-11,13,26-29,31H,12,14H2,1-5H3,(H,34,40)/t26-,27-,28-,29-,31?/m1/s1. The minimum absolute atomic E-state index is 0.201. The molecule has 0 saturated carbocycles. The fraction of sp³-hybridized carbons (Fsp3) is 0.387. The molecular formula is C31H32Cl2N2O11. The molecule has 1 saturated heterocycles. The maximum atomic E-state index is 14.0. The Morgan fingerprint density at radius 3 is 2.13 bits per heavy atom. The van der Waals surface area contributed by atoms with Gasteiger partial charge in [0.05, 0.1) is 28.2 Å². The lowest BCUT2D eigenvalue weighted by molar-refractivity contribution is -0.270. The van der Waals surface area contributed by atoms with Crippen LogP contribution < -0.4 is 10.1 Å². The van der Waals surface area contributed by atoms with E-state index in [0.717, 1.165) is 33.3 Å². The van der Waals surface area contributed by atoms with E-state index in [1.165, 1.54) is 7.11 Å².